The lowest BCUT2D eigenvalue weighted by Crippen LogP contribution is -2.36. The quantitative estimate of drug-likeness (QED) is 0.381. The van der Waals surface area contributed by atoms with Gasteiger partial charge < -0.3 is 15.1 Å². The zero-order chi connectivity index (χ0) is 17.7. The highest BCUT2D eigenvalue weighted by Crippen LogP contribution is 2.29. The standard InChI is InChI=1S/C14H18F3N5OS.HI/c1-4-18-13(19-5-11-21-8(2)9(3)23-11)20-6-12-22-10(7-24-12)14(15,16)17;/h7H,4-6H2,1-3H3,(H2,18,19,20);1H. The SMILES string of the molecule is CCNC(=NCc1nc(C)c(C)o1)NCc1nc(C(F)(F)F)cs1.I. The maximum absolute atomic E-state index is 12.5. The van der Waals surface area contributed by atoms with Gasteiger partial charge in [-0.05, 0) is 20.8 Å². The minimum atomic E-state index is -4.42. The number of nitrogens with zero attached hydrogens (tertiary/aromatic N) is 3. The topological polar surface area (TPSA) is 75.3 Å². The molecule has 25 heavy (non-hydrogen) atoms. The molecule has 0 saturated carbocycles. The van der Waals surface area contributed by atoms with Gasteiger partial charge in [0.15, 0.2) is 11.7 Å². The van der Waals surface area contributed by atoms with Crippen LogP contribution in [0.1, 0.15) is 35.0 Å². The largest absolute Gasteiger partial charge is 0.444 e. The summed E-state index contributed by atoms with van der Waals surface area (Å²) >= 11 is 0.949. The molecule has 2 aromatic heterocycles. The molecule has 0 aromatic carbocycles. The Kier molecular flexibility index (Phi) is 8.12. The highest BCUT2D eigenvalue weighted by atomic mass is 127. The Hall–Kier alpha value is -1.37. The Morgan fingerprint density at radius 3 is 2.52 bits per heavy atom. The highest BCUT2D eigenvalue weighted by Gasteiger charge is 2.33. The van der Waals surface area contributed by atoms with Gasteiger partial charge >= 0.3 is 6.18 Å². The molecule has 0 aliphatic carbocycles. The average Bonchev–Trinajstić information content (AvgIpc) is 3.09. The number of aliphatic imine (C=N–C) groups is 1. The second-order valence-corrected chi connectivity index (χ2v) is 5.86. The van der Waals surface area contributed by atoms with Crippen molar-refractivity contribution >= 4 is 41.3 Å². The molecule has 2 aromatic rings. The van der Waals surface area contributed by atoms with Crippen molar-refractivity contribution in [1.29, 1.82) is 0 Å². The number of aryl methyl sites for hydroxylation is 2. The molecule has 0 aliphatic rings. The first kappa shape index (κ1) is 21.7. The molecular weight excluding hydrogens is 470 g/mol. The zero-order valence-corrected chi connectivity index (χ0v) is 17.0. The fourth-order valence-electron chi connectivity index (χ4n) is 1.78. The molecule has 140 valence electrons. The number of hydrogen-bond acceptors (Lipinski definition) is 5. The van der Waals surface area contributed by atoms with Crippen LogP contribution in [0, 0.1) is 13.8 Å². The third kappa shape index (κ3) is 6.45. The maximum atomic E-state index is 12.5. The summed E-state index contributed by atoms with van der Waals surface area (Å²) in [5, 5.41) is 7.28. The van der Waals surface area contributed by atoms with E-state index in [1.807, 2.05) is 20.8 Å². The molecule has 0 fully saturated rings. The smallest absolute Gasteiger partial charge is 0.434 e. The van der Waals surface area contributed by atoms with E-state index in [0.29, 0.717) is 23.4 Å². The first-order chi connectivity index (χ1) is 11.3. The van der Waals surface area contributed by atoms with Crippen LogP contribution in [0.25, 0.3) is 0 Å². The van der Waals surface area contributed by atoms with Crippen molar-refractivity contribution in [2.24, 2.45) is 4.99 Å². The summed E-state index contributed by atoms with van der Waals surface area (Å²) in [6.07, 6.45) is -4.42. The van der Waals surface area contributed by atoms with Crippen molar-refractivity contribution in [2.75, 3.05) is 6.54 Å². The van der Waals surface area contributed by atoms with Crippen molar-refractivity contribution < 1.29 is 17.6 Å². The van der Waals surface area contributed by atoms with E-state index >= 15 is 0 Å². The molecule has 6 nitrogen and oxygen atoms in total. The van der Waals surface area contributed by atoms with E-state index in [4.69, 9.17) is 4.42 Å². The first-order valence-electron chi connectivity index (χ1n) is 7.26. The van der Waals surface area contributed by atoms with Crippen LogP contribution in [-0.4, -0.2) is 22.5 Å². The molecule has 0 spiro atoms. The Morgan fingerprint density at radius 1 is 1.28 bits per heavy atom. The molecule has 2 N–H and O–H groups in total. The van der Waals surface area contributed by atoms with Crippen LogP contribution in [0.5, 0.6) is 0 Å². The fraction of sp³-hybridized carbons (Fsp3) is 0.500. The highest BCUT2D eigenvalue weighted by molar-refractivity contribution is 14.0. The normalized spacial score (nSPS) is 12.0. The van der Waals surface area contributed by atoms with E-state index in [9.17, 15) is 13.2 Å². The second-order valence-electron chi connectivity index (χ2n) is 4.92. The van der Waals surface area contributed by atoms with Gasteiger partial charge in [0, 0.05) is 11.9 Å². The number of oxazole rings is 1. The summed E-state index contributed by atoms with van der Waals surface area (Å²) in [5.41, 5.74) is -0.0717. The number of nitrogens with one attached hydrogen (secondary N) is 2. The molecular formula is C14H19F3IN5OS. The van der Waals surface area contributed by atoms with Crippen LogP contribution in [0.3, 0.4) is 0 Å². The summed E-state index contributed by atoms with van der Waals surface area (Å²) in [4.78, 5) is 12.1. The van der Waals surface area contributed by atoms with Gasteiger partial charge in [-0.25, -0.2) is 15.0 Å². The van der Waals surface area contributed by atoms with Gasteiger partial charge in [0.2, 0.25) is 5.89 Å². The summed E-state index contributed by atoms with van der Waals surface area (Å²) in [5.74, 6) is 1.67. The average molecular weight is 489 g/mol. The van der Waals surface area contributed by atoms with Crippen molar-refractivity contribution in [3.63, 3.8) is 0 Å². The molecule has 0 radical (unpaired) electrons. The van der Waals surface area contributed by atoms with Gasteiger partial charge in [0.05, 0.1) is 12.2 Å². The number of aromatic nitrogens is 2. The van der Waals surface area contributed by atoms with Gasteiger partial charge in [-0.15, -0.1) is 35.3 Å². The molecule has 2 rings (SSSR count). The van der Waals surface area contributed by atoms with Crippen molar-refractivity contribution in [2.45, 2.75) is 40.0 Å². The van der Waals surface area contributed by atoms with Crippen molar-refractivity contribution in [1.82, 2.24) is 20.6 Å². The first-order valence-corrected chi connectivity index (χ1v) is 8.14. The third-order valence-electron chi connectivity index (χ3n) is 3.04. The van der Waals surface area contributed by atoms with E-state index in [-0.39, 0.29) is 37.1 Å². The maximum Gasteiger partial charge on any atom is 0.434 e. The Bertz CT molecular complexity index is 694. The summed E-state index contributed by atoms with van der Waals surface area (Å²) in [7, 11) is 0. The monoisotopic (exact) mass is 489 g/mol. The van der Waals surface area contributed by atoms with Gasteiger partial charge in [0.25, 0.3) is 0 Å². The van der Waals surface area contributed by atoms with Crippen LogP contribution in [-0.2, 0) is 19.3 Å². The summed E-state index contributed by atoms with van der Waals surface area (Å²) in [6.45, 7) is 6.55. The molecule has 0 bridgehead atoms. The van der Waals surface area contributed by atoms with Crippen LogP contribution in [0.4, 0.5) is 13.2 Å². The minimum absolute atomic E-state index is 0. The van der Waals surface area contributed by atoms with E-state index in [1.54, 1.807) is 0 Å². The van der Waals surface area contributed by atoms with E-state index in [1.165, 1.54) is 0 Å². The summed E-state index contributed by atoms with van der Waals surface area (Å²) < 4.78 is 43.0. The minimum Gasteiger partial charge on any atom is -0.444 e. The van der Waals surface area contributed by atoms with E-state index in [0.717, 1.165) is 28.2 Å². The Balaban J connectivity index is 0.00000312. The molecule has 11 heteroatoms. The number of guanidine groups is 1. The predicted octanol–water partition coefficient (Wildman–Crippen LogP) is 3.64. The lowest BCUT2D eigenvalue weighted by atomic mass is 10.4. The molecule has 0 amide bonds. The molecule has 0 unspecified atom stereocenters. The molecule has 0 saturated heterocycles. The molecule has 0 aliphatic heterocycles. The molecule has 2 heterocycles. The van der Waals surface area contributed by atoms with E-state index in [2.05, 4.69) is 25.6 Å². The lowest BCUT2D eigenvalue weighted by molar-refractivity contribution is -0.140. The number of thiazole rings is 1. The second kappa shape index (κ2) is 9.36. The van der Waals surface area contributed by atoms with Gasteiger partial charge in [0.1, 0.15) is 17.3 Å². The number of rotatable bonds is 5. The summed E-state index contributed by atoms with van der Waals surface area (Å²) in [6, 6.07) is 0. The number of hydrogen-bond donors (Lipinski definition) is 2. The van der Waals surface area contributed by atoms with Gasteiger partial charge in [-0.1, -0.05) is 0 Å². The van der Waals surface area contributed by atoms with Crippen molar-refractivity contribution in [3.05, 3.63) is 33.4 Å². The fourth-order valence-corrected chi connectivity index (χ4v) is 2.52. The molecule has 0 atom stereocenters. The van der Waals surface area contributed by atoms with Crippen LogP contribution >= 0.6 is 35.3 Å². The lowest BCUT2D eigenvalue weighted by Gasteiger charge is -2.09. The van der Waals surface area contributed by atoms with Crippen LogP contribution in [0.2, 0.25) is 0 Å². The van der Waals surface area contributed by atoms with Crippen LogP contribution in [0.15, 0.2) is 14.8 Å². The Morgan fingerprint density at radius 2 is 2.00 bits per heavy atom. The van der Waals surface area contributed by atoms with Crippen LogP contribution < -0.4 is 10.6 Å². The number of halogens is 4. The zero-order valence-electron chi connectivity index (χ0n) is 13.9. The van der Waals surface area contributed by atoms with E-state index < -0.39 is 11.9 Å². The van der Waals surface area contributed by atoms with Crippen molar-refractivity contribution in [3.8, 4) is 0 Å². The Labute approximate surface area is 164 Å². The van der Waals surface area contributed by atoms with Gasteiger partial charge in [-0.3, -0.25) is 0 Å². The van der Waals surface area contributed by atoms with Gasteiger partial charge in [-0.2, -0.15) is 13.2 Å². The third-order valence-corrected chi connectivity index (χ3v) is 3.89. The predicted molar refractivity (Wildman–Crippen MR) is 100 cm³/mol. The number of alkyl halides is 3.